The Hall–Kier alpha value is -1.10. The molecule has 2 fully saturated rings. The van der Waals surface area contributed by atoms with Crippen molar-refractivity contribution in [1.29, 1.82) is 0 Å². The van der Waals surface area contributed by atoms with Gasteiger partial charge in [0.15, 0.2) is 0 Å². The first-order valence-corrected chi connectivity index (χ1v) is 7.51. The number of fused-ring (bicyclic) bond motifs is 1. The van der Waals surface area contributed by atoms with Crippen LogP contribution in [0.2, 0.25) is 5.02 Å². The molecule has 0 aromatic heterocycles. The summed E-state index contributed by atoms with van der Waals surface area (Å²) in [4.78, 5) is 14.4. The smallest absolute Gasteiger partial charge is 0.238 e. The van der Waals surface area contributed by atoms with Crippen molar-refractivity contribution in [3.05, 3.63) is 29.3 Å². The summed E-state index contributed by atoms with van der Waals surface area (Å²) in [6.45, 7) is 5.87. The number of anilines is 1. The molecular formula is C15H20ClN3O. The molecule has 2 saturated heterocycles. The number of hydrogen-bond donors (Lipinski definition) is 2. The van der Waals surface area contributed by atoms with Crippen LogP contribution in [-0.2, 0) is 4.79 Å². The van der Waals surface area contributed by atoms with Crippen LogP contribution in [0.1, 0.15) is 6.92 Å². The second-order valence-corrected chi connectivity index (χ2v) is 6.25. The quantitative estimate of drug-likeness (QED) is 0.893. The third-order valence-electron chi connectivity index (χ3n) is 4.51. The van der Waals surface area contributed by atoms with E-state index in [0.29, 0.717) is 29.4 Å². The highest BCUT2D eigenvalue weighted by Crippen LogP contribution is 2.31. The molecule has 0 aliphatic carbocycles. The summed E-state index contributed by atoms with van der Waals surface area (Å²) in [6, 6.07) is 7.74. The Morgan fingerprint density at radius 2 is 2.35 bits per heavy atom. The summed E-state index contributed by atoms with van der Waals surface area (Å²) in [7, 11) is 0. The molecule has 2 N–H and O–H groups in total. The van der Waals surface area contributed by atoms with Gasteiger partial charge < -0.3 is 10.6 Å². The number of halogens is 1. The van der Waals surface area contributed by atoms with Gasteiger partial charge in [-0.3, -0.25) is 9.69 Å². The number of carbonyl (C=O) groups excluding carboxylic acids is 1. The minimum atomic E-state index is 0.0343. The molecule has 3 unspecified atom stereocenters. The van der Waals surface area contributed by atoms with E-state index in [1.54, 1.807) is 12.1 Å². The number of rotatable bonds is 3. The van der Waals surface area contributed by atoms with Gasteiger partial charge in [0.1, 0.15) is 0 Å². The normalized spacial score (nSPS) is 29.4. The van der Waals surface area contributed by atoms with Gasteiger partial charge in [0.25, 0.3) is 0 Å². The van der Waals surface area contributed by atoms with Gasteiger partial charge >= 0.3 is 0 Å². The van der Waals surface area contributed by atoms with Crippen molar-refractivity contribution in [1.82, 2.24) is 10.2 Å². The Bertz CT molecular complexity index is 508. The van der Waals surface area contributed by atoms with E-state index in [-0.39, 0.29) is 5.91 Å². The van der Waals surface area contributed by atoms with E-state index in [1.807, 2.05) is 12.1 Å². The Morgan fingerprint density at radius 3 is 3.10 bits per heavy atom. The fraction of sp³-hybridized carbons (Fsp3) is 0.533. The second-order valence-electron chi connectivity index (χ2n) is 5.81. The molecule has 1 aromatic rings. The highest BCUT2D eigenvalue weighted by atomic mass is 35.5. The van der Waals surface area contributed by atoms with Crippen molar-refractivity contribution in [2.75, 3.05) is 31.5 Å². The van der Waals surface area contributed by atoms with E-state index in [4.69, 9.17) is 11.6 Å². The van der Waals surface area contributed by atoms with Gasteiger partial charge in [-0.25, -0.2) is 0 Å². The fourth-order valence-corrected chi connectivity index (χ4v) is 3.61. The Kier molecular flexibility index (Phi) is 3.96. The minimum absolute atomic E-state index is 0.0343. The summed E-state index contributed by atoms with van der Waals surface area (Å²) in [5.41, 5.74) is 0.760. The first kappa shape index (κ1) is 13.9. The summed E-state index contributed by atoms with van der Waals surface area (Å²) in [5.74, 6) is 1.42. The number of carbonyl (C=O) groups is 1. The molecule has 3 atom stereocenters. The Labute approximate surface area is 124 Å². The van der Waals surface area contributed by atoms with Crippen molar-refractivity contribution in [3.8, 4) is 0 Å². The molecule has 0 saturated carbocycles. The molecule has 1 aromatic carbocycles. The number of hydrogen-bond acceptors (Lipinski definition) is 3. The van der Waals surface area contributed by atoms with E-state index in [0.717, 1.165) is 25.3 Å². The van der Waals surface area contributed by atoms with Crippen LogP contribution < -0.4 is 10.6 Å². The third-order valence-corrected chi connectivity index (χ3v) is 4.75. The van der Waals surface area contributed by atoms with Gasteiger partial charge in [0.2, 0.25) is 5.91 Å². The van der Waals surface area contributed by atoms with E-state index >= 15 is 0 Å². The topological polar surface area (TPSA) is 44.4 Å². The molecule has 3 rings (SSSR count). The van der Waals surface area contributed by atoms with Crippen LogP contribution in [0.3, 0.4) is 0 Å². The zero-order chi connectivity index (χ0) is 14.1. The van der Waals surface area contributed by atoms with Crippen molar-refractivity contribution in [3.63, 3.8) is 0 Å². The zero-order valence-corrected chi connectivity index (χ0v) is 12.4. The fourth-order valence-electron chi connectivity index (χ4n) is 3.42. The largest absolute Gasteiger partial charge is 0.325 e. The van der Waals surface area contributed by atoms with Crippen molar-refractivity contribution >= 4 is 23.2 Å². The van der Waals surface area contributed by atoms with Crippen LogP contribution in [0.15, 0.2) is 24.3 Å². The maximum atomic E-state index is 12.1. The molecule has 0 spiro atoms. The predicted octanol–water partition coefficient (Wildman–Crippen LogP) is 1.82. The lowest BCUT2D eigenvalue weighted by Gasteiger charge is -2.23. The molecule has 108 valence electrons. The average Bonchev–Trinajstić information content (AvgIpc) is 2.94. The standard InChI is InChI=1S/C15H20ClN3O/c1-10-14-7-17-6-11(14)8-19(10)9-15(20)18-13-4-2-3-12(16)5-13/h2-5,10-11,14,17H,6-9H2,1H3,(H,18,20). The number of likely N-dealkylation sites (tertiary alicyclic amines) is 1. The molecule has 2 aliphatic heterocycles. The monoisotopic (exact) mass is 293 g/mol. The number of nitrogens with one attached hydrogen (secondary N) is 2. The molecule has 0 radical (unpaired) electrons. The van der Waals surface area contributed by atoms with Crippen molar-refractivity contribution in [2.24, 2.45) is 11.8 Å². The molecule has 2 heterocycles. The summed E-state index contributed by atoms with van der Waals surface area (Å²) >= 11 is 5.92. The third kappa shape index (κ3) is 2.82. The Balaban J connectivity index is 1.57. The first-order chi connectivity index (χ1) is 9.63. The molecule has 4 nitrogen and oxygen atoms in total. The lowest BCUT2D eigenvalue weighted by atomic mass is 9.95. The van der Waals surface area contributed by atoms with Crippen LogP contribution >= 0.6 is 11.6 Å². The molecule has 2 aliphatic rings. The predicted molar refractivity (Wildman–Crippen MR) is 81.0 cm³/mol. The average molecular weight is 294 g/mol. The molecule has 5 heteroatoms. The van der Waals surface area contributed by atoms with Gasteiger partial charge in [-0.05, 0) is 50.0 Å². The number of benzene rings is 1. The zero-order valence-electron chi connectivity index (χ0n) is 11.6. The summed E-state index contributed by atoms with van der Waals surface area (Å²) in [5, 5.41) is 6.98. The van der Waals surface area contributed by atoms with Gasteiger partial charge in [-0.15, -0.1) is 0 Å². The maximum absolute atomic E-state index is 12.1. The molecule has 20 heavy (non-hydrogen) atoms. The summed E-state index contributed by atoms with van der Waals surface area (Å²) in [6.07, 6.45) is 0. The highest BCUT2D eigenvalue weighted by molar-refractivity contribution is 6.30. The first-order valence-electron chi connectivity index (χ1n) is 7.13. The van der Waals surface area contributed by atoms with Crippen LogP contribution in [0.25, 0.3) is 0 Å². The van der Waals surface area contributed by atoms with Gasteiger partial charge in [0, 0.05) is 23.3 Å². The van der Waals surface area contributed by atoms with E-state index in [2.05, 4.69) is 22.5 Å². The second kappa shape index (κ2) is 5.72. The number of nitrogens with zero attached hydrogens (tertiary/aromatic N) is 1. The highest BCUT2D eigenvalue weighted by Gasteiger charge is 2.42. The molecule has 1 amide bonds. The lowest BCUT2D eigenvalue weighted by molar-refractivity contribution is -0.117. The van der Waals surface area contributed by atoms with Gasteiger partial charge in [0.05, 0.1) is 6.54 Å². The van der Waals surface area contributed by atoms with E-state index in [1.165, 1.54) is 0 Å². The van der Waals surface area contributed by atoms with Crippen molar-refractivity contribution < 1.29 is 4.79 Å². The minimum Gasteiger partial charge on any atom is -0.325 e. The van der Waals surface area contributed by atoms with Crippen LogP contribution in [0, 0.1) is 11.8 Å². The molecular weight excluding hydrogens is 274 g/mol. The van der Waals surface area contributed by atoms with Crippen LogP contribution in [0.4, 0.5) is 5.69 Å². The van der Waals surface area contributed by atoms with Crippen molar-refractivity contribution in [2.45, 2.75) is 13.0 Å². The molecule has 0 bridgehead atoms. The Morgan fingerprint density at radius 1 is 1.50 bits per heavy atom. The van der Waals surface area contributed by atoms with Crippen LogP contribution in [0.5, 0.6) is 0 Å². The SMILES string of the molecule is CC1C2CNCC2CN1CC(=O)Nc1cccc(Cl)c1. The van der Waals surface area contributed by atoms with E-state index < -0.39 is 0 Å². The van der Waals surface area contributed by atoms with E-state index in [9.17, 15) is 4.79 Å². The van der Waals surface area contributed by atoms with Gasteiger partial charge in [-0.1, -0.05) is 17.7 Å². The lowest BCUT2D eigenvalue weighted by Crippen LogP contribution is -2.38. The van der Waals surface area contributed by atoms with Gasteiger partial charge in [-0.2, -0.15) is 0 Å². The summed E-state index contributed by atoms with van der Waals surface area (Å²) < 4.78 is 0. The van der Waals surface area contributed by atoms with Crippen LogP contribution in [-0.4, -0.2) is 43.0 Å². The number of amides is 1. The maximum Gasteiger partial charge on any atom is 0.238 e.